The van der Waals surface area contributed by atoms with Gasteiger partial charge in [-0.1, -0.05) is 31.0 Å². The van der Waals surface area contributed by atoms with E-state index in [1.165, 1.54) is 25.0 Å². The predicted molar refractivity (Wildman–Crippen MR) is 130 cm³/mol. The summed E-state index contributed by atoms with van der Waals surface area (Å²) in [5.41, 5.74) is 1.62. The number of hydrogen-bond donors (Lipinski definition) is 1. The second-order valence-corrected chi connectivity index (χ2v) is 10.7. The van der Waals surface area contributed by atoms with Crippen LogP contribution in [0.15, 0.2) is 48.5 Å². The van der Waals surface area contributed by atoms with Gasteiger partial charge in [-0.2, -0.15) is 0 Å². The molecule has 4 rings (SSSR count). The standard InChI is InChI=1S/C25H31N3O5S/c1-33-22-11-9-19(10-12-22)23(27-14-4-2-3-5-15-27)18-26-25(30)20-7-6-8-21(17-20)28-24(29)13-16-34(28,31)32/h6-12,17,23H,2-5,13-16,18H2,1H3,(H,26,30)/t23-/m0/s1. The lowest BCUT2D eigenvalue weighted by Crippen LogP contribution is -2.38. The number of carbonyl (C=O) groups is 2. The van der Waals surface area contributed by atoms with Gasteiger partial charge in [0.2, 0.25) is 15.9 Å². The summed E-state index contributed by atoms with van der Waals surface area (Å²) in [4.78, 5) is 27.6. The highest BCUT2D eigenvalue weighted by atomic mass is 32.2. The number of ether oxygens (including phenoxy) is 1. The van der Waals surface area contributed by atoms with Crippen LogP contribution in [0.3, 0.4) is 0 Å². The number of benzene rings is 2. The van der Waals surface area contributed by atoms with Crippen molar-refractivity contribution in [3.8, 4) is 5.75 Å². The van der Waals surface area contributed by atoms with Crippen LogP contribution >= 0.6 is 0 Å². The molecule has 2 aliphatic heterocycles. The highest BCUT2D eigenvalue weighted by Crippen LogP contribution is 2.27. The molecule has 0 unspecified atom stereocenters. The van der Waals surface area contributed by atoms with E-state index in [0.29, 0.717) is 12.1 Å². The van der Waals surface area contributed by atoms with Crippen LogP contribution in [0, 0.1) is 0 Å². The maximum Gasteiger partial charge on any atom is 0.251 e. The molecule has 2 heterocycles. The molecular weight excluding hydrogens is 454 g/mol. The van der Waals surface area contributed by atoms with Gasteiger partial charge in [0, 0.05) is 18.5 Å². The first-order valence-electron chi connectivity index (χ1n) is 11.7. The Morgan fingerprint density at radius 1 is 1.06 bits per heavy atom. The van der Waals surface area contributed by atoms with E-state index in [2.05, 4.69) is 10.2 Å². The third kappa shape index (κ3) is 5.42. The molecule has 34 heavy (non-hydrogen) atoms. The Morgan fingerprint density at radius 3 is 2.38 bits per heavy atom. The van der Waals surface area contributed by atoms with Crippen LogP contribution in [0.25, 0.3) is 0 Å². The van der Waals surface area contributed by atoms with Crippen molar-refractivity contribution < 1.29 is 22.7 Å². The highest BCUT2D eigenvalue weighted by molar-refractivity contribution is 7.94. The summed E-state index contributed by atoms with van der Waals surface area (Å²) >= 11 is 0. The number of carbonyl (C=O) groups excluding carboxylic acids is 2. The Hall–Kier alpha value is -2.91. The lowest BCUT2D eigenvalue weighted by Gasteiger charge is -2.31. The molecule has 1 N–H and O–H groups in total. The molecule has 0 spiro atoms. The SMILES string of the molecule is COc1ccc([C@H](CNC(=O)c2cccc(N3C(=O)CCS3(=O)=O)c2)N2CCCCCC2)cc1. The fourth-order valence-corrected chi connectivity index (χ4v) is 6.08. The second-order valence-electron chi connectivity index (χ2n) is 8.72. The minimum atomic E-state index is -3.68. The van der Waals surface area contributed by atoms with E-state index in [1.807, 2.05) is 24.3 Å². The Kier molecular flexibility index (Phi) is 7.53. The van der Waals surface area contributed by atoms with E-state index in [9.17, 15) is 18.0 Å². The fraction of sp³-hybridized carbons (Fsp3) is 0.440. The Bertz CT molecular complexity index is 1130. The number of likely N-dealkylation sites (tertiary alicyclic amines) is 1. The zero-order chi connectivity index (χ0) is 24.1. The van der Waals surface area contributed by atoms with Crippen molar-refractivity contribution in [2.45, 2.75) is 38.1 Å². The van der Waals surface area contributed by atoms with Gasteiger partial charge in [-0.15, -0.1) is 0 Å². The molecule has 2 fully saturated rings. The predicted octanol–water partition coefficient (Wildman–Crippen LogP) is 3.11. The Balaban J connectivity index is 1.52. The largest absolute Gasteiger partial charge is 0.497 e. The quantitative estimate of drug-likeness (QED) is 0.648. The van der Waals surface area contributed by atoms with Crippen LogP contribution in [-0.4, -0.2) is 57.6 Å². The average molecular weight is 486 g/mol. The number of rotatable bonds is 7. The maximum absolute atomic E-state index is 13.0. The molecule has 2 aromatic rings. The lowest BCUT2D eigenvalue weighted by molar-refractivity contribution is -0.116. The molecule has 2 aromatic carbocycles. The van der Waals surface area contributed by atoms with Gasteiger partial charge in [0.15, 0.2) is 0 Å². The summed E-state index contributed by atoms with van der Waals surface area (Å²) in [5.74, 6) is -0.204. The zero-order valence-corrected chi connectivity index (χ0v) is 20.2. The number of nitrogens with one attached hydrogen (secondary N) is 1. The molecule has 8 nitrogen and oxygen atoms in total. The van der Waals surface area contributed by atoms with Gasteiger partial charge in [0.25, 0.3) is 5.91 Å². The van der Waals surface area contributed by atoms with Crippen molar-refractivity contribution >= 4 is 27.5 Å². The van der Waals surface area contributed by atoms with Gasteiger partial charge in [-0.25, -0.2) is 12.7 Å². The first-order chi connectivity index (χ1) is 16.4. The average Bonchev–Trinajstić information content (AvgIpc) is 3.00. The molecular formula is C25H31N3O5S. The van der Waals surface area contributed by atoms with E-state index < -0.39 is 15.9 Å². The number of methoxy groups -OCH3 is 1. The summed E-state index contributed by atoms with van der Waals surface area (Å²) in [6.07, 6.45) is 4.63. The van der Waals surface area contributed by atoms with Gasteiger partial charge in [0.05, 0.1) is 24.6 Å². The zero-order valence-electron chi connectivity index (χ0n) is 19.4. The van der Waals surface area contributed by atoms with Crippen LogP contribution in [0.5, 0.6) is 5.75 Å². The third-order valence-electron chi connectivity index (χ3n) is 6.46. The van der Waals surface area contributed by atoms with Crippen LogP contribution < -0.4 is 14.4 Å². The Morgan fingerprint density at radius 2 is 1.76 bits per heavy atom. The molecule has 1 atom stereocenters. The summed E-state index contributed by atoms with van der Waals surface area (Å²) in [7, 11) is -2.05. The molecule has 2 amide bonds. The molecule has 0 bridgehead atoms. The first kappa shape index (κ1) is 24.2. The van der Waals surface area contributed by atoms with Gasteiger partial charge in [-0.3, -0.25) is 14.5 Å². The van der Waals surface area contributed by atoms with E-state index in [4.69, 9.17) is 4.74 Å². The number of hydrogen-bond acceptors (Lipinski definition) is 6. The first-order valence-corrected chi connectivity index (χ1v) is 13.3. The Labute approximate surface area is 200 Å². The highest BCUT2D eigenvalue weighted by Gasteiger charge is 2.36. The summed E-state index contributed by atoms with van der Waals surface area (Å²) < 4.78 is 30.6. The number of anilines is 1. The monoisotopic (exact) mass is 485 g/mol. The van der Waals surface area contributed by atoms with Gasteiger partial charge >= 0.3 is 0 Å². The van der Waals surface area contributed by atoms with Crippen LogP contribution in [0.2, 0.25) is 0 Å². The minimum absolute atomic E-state index is 0.0108. The van der Waals surface area contributed by atoms with Crippen LogP contribution in [0.1, 0.15) is 54.1 Å². The van der Waals surface area contributed by atoms with Crippen molar-refractivity contribution in [3.05, 3.63) is 59.7 Å². The van der Waals surface area contributed by atoms with Crippen molar-refractivity contribution in [1.82, 2.24) is 10.2 Å². The number of nitrogens with zero attached hydrogens (tertiary/aromatic N) is 2. The molecule has 0 radical (unpaired) electrons. The summed E-state index contributed by atoms with van der Waals surface area (Å²) in [6.45, 7) is 2.35. The summed E-state index contributed by atoms with van der Waals surface area (Å²) in [5, 5.41) is 3.03. The normalized spacial score (nSPS) is 19.4. The molecule has 9 heteroatoms. The van der Waals surface area contributed by atoms with Gasteiger partial charge < -0.3 is 10.1 Å². The van der Waals surface area contributed by atoms with Crippen LogP contribution in [0.4, 0.5) is 5.69 Å². The van der Waals surface area contributed by atoms with E-state index >= 15 is 0 Å². The molecule has 182 valence electrons. The van der Waals surface area contributed by atoms with Gasteiger partial charge in [-0.05, 0) is 61.8 Å². The third-order valence-corrected chi connectivity index (χ3v) is 8.15. The molecule has 0 aromatic heterocycles. The van der Waals surface area contributed by atoms with Crippen molar-refractivity contribution in [2.24, 2.45) is 0 Å². The molecule has 2 aliphatic rings. The number of amides is 2. The van der Waals surface area contributed by atoms with Crippen LogP contribution in [-0.2, 0) is 14.8 Å². The van der Waals surface area contributed by atoms with Crippen molar-refractivity contribution in [2.75, 3.05) is 36.8 Å². The minimum Gasteiger partial charge on any atom is -0.497 e. The lowest BCUT2D eigenvalue weighted by atomic mass is 10.0. The van der Waals surface area contributed by atoms with E-state index in [0.717, 1.165) is 41.5 Å². The fourth-order valence-electron chi connectivity index (χ4n) is 4.62. The second kappa shape index (κ2) is 10.6. The molecule has 0 saturated carbocycles. The maximum atomic E-state index is 13.0. The molecule has 2 saturated heterocycles. The topological polar surface area (TPSA) is 96.0 Å². The van der Waals surface area contributed by atoms with Gasteiger partial charge in [0.1, 0.15) is 5.75 Å². The van der Waals surface area contributed by atoms with Crippen molar-refractivity contribution in [1.29, 1.82) is 0 Å². The van der Waals surface area contributed by atoms with E-state index in [1.54, 1.807) is 19.2 Å². The number of sulfonamides is 1. The smallest absolute Gasteiger partial charge is 0.251 e. The summed E-state index contributed by atoms with van der Waals surface area (Å²) in [6, 6.07) is 14.2. The molecule has 0 aliphatic carbocycles. The van der Waals surface area contributed by atoms with Crippen molar-refractivity contribution in [3.63, 3.8) is 0 Å². The van der Waals surface area contributed by atoms with E-state index in [-0.39, 0.29) is 29.8 Å².